The summed E-state index contributed by atoms with van der Waals surface area (Å²) in [5.74, 6) is 0.773. The van der Waals surface area contributed by atoms with Crippen LogP contribution < -0.4 is 0 Å². The summed E-state index contributed by atoms with van der Waals surface area (Å²) in [5, 5.41) is 0. The van der Waals surface area contributed by atoms with Crippen LogP contribution in [0.4, 0.5) is 13.2 Å². The minimum Gasteiger partial charge on any atom is -0.381 e. The number of hydrogen-bond donors (Lipinski definition) is 0. The van der Waals surface area contributed by atoms with Gasteiger partial charge in [-0.25, -0.2) is 4.31 Å². The number of nitrogens with zero attached hydrogens (tertiary/aromatic N) is 3. The molecular formula is C17H22F3N3OS. The normalized spacial score (nSPS) is 24.9. The third-order valence-corrected chi connectivity index (χ3v) is 6.23. The molecule has 1 aromatic rings. The van der Waals surface area contributed by atoms with Crippen molar-refractivity contribution in [2.75, 3.05) is 45.9 Å². The molecule has 0 amide bonds. The van der Waals surface area contributed by atoms with E-state index in [0.717, 1.165) is 56.3 Å². The molecule has 3 aliphatic rings. The number of pyridine rings is 1. The maximum absolute atomic E-state index is 12.5. The molecule has 3 fully saturated rings. The second-order valence-corrected chi connectivity index (χ2v) is 8.66. The largest absolute Gasteiger partial charge is 0.433 e. The molecule has 0 saturated carbocycles. The molecule has 4 heterocycles. The van der Waals surface area contributed by atoms with E-state index in [1.54, 1.807) is 0 Å². The van der Waals surface area contributed by atoms with E-state index in [4.69, 9.17) is 4.74 Å². The molecule has 1 spiro atoms. The van der Waals surface area contributed by atoms with E-state index >= 15 is 0 Å². The van der Waals surface area contributed by atoms with Crippen LogP contribution >= 0.6 is 11.9 Å². The number of hydrogen-bond acceptors (Lipinski definition) is 5. The Hall–Kier alpha value is -0.830. The monoisotopic (exact) mass is 373 g/mol. The first-order chi connectivity index (χ1) is 11.9. The van der Waals surface area contributed by atoms with Crippen LogP contribution in [0.15, 0.2) is 23.2 Å². The number of ether oxygens (including phenoxy) is 1. The van der Waals surface area contributed by atoms with Crippen molar-refractivity contribution in [1.29, 1.82) is 0 Å². The van der Waals surface area contributed by atoms with Crippen LogP contribution in [-0.2, 0) is 10.9 Å². The van der Waals surface area contributed by atoms with Gasteiger partial charge in [0.25, 0.3) is 0 Å². The van der Waals surface area contributed by atoms with Gasteiger partial charge in [0.1, 0.15) is 5.69 Å². The minimum absolute atomic E-state index is 0.400. The Morgan fingerprint density at radius 1 is 1.16 bits per heavy atom. The zero-order valence-corrected chi connectivity index (χ0v) is 14.8. The van der Waals surface area contributed by atoms with Gasteiger partial charge in [0, 0.05) is 62.4 Å². The lowest BCUT2D eigenvalue weighted by Crippen LogP contribution is -2.70. The van der Waals surface area contributed by atoms with E-state index < -0.39 is 11.9 Å². The molecular weight excluding hydrogens is 351 g/mol. The van der Waals surface area contributed by atoms with E-state index in [1.807, 2.05) is 0 Å². The van der Waals surface area contributed by atoms with Crippen LogP contribution in [0.1, 0.15) is 18.5 Å². The van der Waals surface area contributed by atoms with Crippen LogP contribution in [0.2, 0.25) is 0 Å². The third kappa shape index (κ3) is 3.97. The van der Waals surface area contributed by atoms with E-state index in [-0.39, 0.29) is 0 Å². The van der Waals surface area contributed by atoms with Crippen molar-refractivity contribution in [2.45, 2.75) is 23.9 Å². The van der Waals surface area contributed by atoms with Crippen molar-refractivity contribution < 1.29 is 17.9 Å². The Morgan fingerprint density at radius 2 is 1.88 bits per heavy atom. The third-order valence-electron chi connectivity index (χ3n) is 5.26. The second-order valence-electron chi connectivity index (χ2n) is 7.49. The minimum atomic E-state index is -4.37. The Balaban J connectivity index is 1.20. The van der Waals surface area contributed by atoms with E-state index in [9.17, 15) is 13.2 Å². The van der Waals surface area contributed by atoms with Gasteiger partial charge in [0.2, 0.25) is 0 Å². The zero-order valence-electron chi connectivity index (χ0n) is 14.0. The standard InChI is InChI=1S/C17H22F3N3OS/c18-17(19,20)15-2-1-14(7-21-15)25-23-11-16(12-23)9-22(10-16)8-13-3-5-24-6-4-13/h1-2,7,13H,3-6,8-12H2. The first-order valence-electron chi connectivity index (χ1n) is 8.68. The van der Waals surface area contributed by atoms with Gasteiger partial charge < -0.3 is 9.64 Å². The maximum atomic E-state index is 12.5. The molecule has 4 rings (SSSR count). The second kappa shape index (κ2) is 6.72. The van der Waals surface area contributed by atoms with Crippen LogP contribution in [0, 0.1) is 11.3 Å². The quantitative estimate of drug-likeness (QED) is 0.756. The van der Waals surface area contributed by atoms with E-state index in [1.165, 1.54) is 43.6 Å². The summed E-state index contributed by atoms with van der Waals surface area (Å²) in [6.45, 7) is 7.27. The number of halogens is 3. The van der Waals surface area contributed by atoms with E-state index in [2.05, 4.69) is 14.2 Å². The lowest BCUT2D eigenvalue weighted by atomic mass is 9.74. The smallest absolute Gasteiger partial charge is 0.381 e. The van der Waals surface area contributed by atoms with Gasteiger partial charge in [-0.2, -0.15) is 13.2 Å². The summed E-state index contributed by atoms with van der Waals surface area (Å²) in [5.41, 5.74) is -0.433. The molecule has 0 radical (unpaired) electrons. The maximum Gasteiger partial charge on any atom is 0.433 e. The molecule has 0 aliphatic carbocycles. The molecule has 0 atom stereocenters. The average Bonchev–Trinajstić information content (AvgIpc) is 2.51. The molecule has 0 aromatic carbocycles. The Kier molecular flexibility index (Phi) is 4.72. The molecule has 138 valence electrons. The van der Waals surface area contributed by atoms with Gasteiger partial charge in [-0.3, -0.25) is 4.98 Å². The first kappa shape index (κ1) is 17.6. The number of likely N-dealkylation sites (tertiary alicyclic amines) is 1. The Morgan fingerprint density at radius 3 is 2.48 bits per heavy atom. The highest BCUT2D eigenvalue weighted by Crippen LogP contribution is 2.44. The lowest BCUT2D eigenvalue weighted by Gasteiger charge is -2.60. The van der Waals surface area contributed by atoms with Gasteiger partial charge >= 0.3 is 6.18 Å². The topological polar surface area (TPSA) is 28.6 Å². The molecule has 4 nitrogen and oxygen atoms in total. The molecule has 0 bridgehead atoms. The fourth-order valence-corrected chi connectivity index (χ4v) is 5.25. The number of aromatic nitrogens is 1. The molecule has 8 heteroatoms. The van der Waals surface area contributed by atoms with Crippen molar-refractivity contribution in [3.8, 4) is 0 Å². The van der Waals surface area contributed by atoms with Crippen molar-refractivity contribution >= 4 is 11.9 Å². The summed E-state index contributed by atoms with van der Waals surface area (Å²) in [7, 11) is 0. The summed E-state index contributed by atoms with van der Waals surface area (Å²) in [6, 6.07) is 2.56. The van der Waals surface area contributed by atoms with Crippen molar-refractivity contribution in [3.05, 3.63) is 24.0 Å². The lowest BCUT2D eigenvalue weighted by molar-refractivity contribution is -0.141. The Labute approximate surface area is 149 Å². The summed E-state index contributed by atoms with van der Waals surface area (Å²) in [6.07, 6.45) is -0.709. The molecule has 0 N–H and O–H groups in total. The SMILES string of the molecule is FC(F)(F)c1ccc(SN2CC3(CN(CC4CCOCC4)C3)C2)cn1. The van der Waals surface area contributed by atoms with Crippen LogP contribution in [0.5, 0.6) is 0 Å². The summed E-state index contributed by atoms with van der Waals surface area (Å²) < 4.78 is 45.2. The number of alkyl halides is 3. The van der Waals surface area contributed by atoms with Crippen LogP contribution in [0.25, 0.3) is 0 Å². The predicted octanol–water partition coefficient (Wildman–Crippen LogP) is 3.15. The first-order valence-corrected chi connectivity index (χ1v) is 9.46. The molecule has 3 saturated heterocycles. The molecule has 0 unspecified atom stereocenters. The van der Waals surface area contributed by atoms with Gasteiger partial charge in [0.15, 0.2) is 0 Å². The van der Waals surface area contributed by atoms with E-state index in [0.29, 0.717) is 5.41 Å². The van der Waals surface area contributed by atoms with Crippen molar-refractivity contribution in [3.63, 3.8) is 0 Å². The average molecular weight is 373 g/mol. The van der Waals surface area contributed by atoms with Crippen molar-refractivity contribution in [1.82, 2.24) is 14.2 Å². The van der Waals surface area contributed by atoms with Gasteiger partial charge in [-0.1, -0.05) is 0 Å². The number of rotatable bonds is 4. The van der Waals surface area contributed by atoms with Gasteiger partial charge in [0.05, 0.1) is 0 Å². The molecule has 1 aromatic heterocycles. The highest BCUT2D eigenvalue weighted by atomic mass is 32.2. The van der Waals surface area contributed by atoms with Crippen LogP contribution in [0.3, 0.4) is 0 Å². The fourth-order valence-electron chi connectivity index (χ4n) is 4.04. The Bertz CT molecular complexity index is 590. The van der Waals surface area contributed by atoms with Gasteiger partial charge in [-0.15, -0.1) is 0 Å². The highest BCUT2D eigenvalue weighted by Gasteiger charge is 2.52. The fraction of sp³-hybridized carbons (Fsp3) is 0.706. The molecule has 25 heavy (non-hydrogen) atoms. The highest BCUT2D eigenvalue weighted by molar-refractivity contribution is 7.97. The predicted molar refractivity (Wildman–Crippen MR) is 89.1 cm³/mol. The molecule has 3 aliphatic heterocycles. The summed E-state index contributed by atoms with van der Waals surface area (Å²) in [4.78, 5) is 6.82. The van der Waals surface area contributed by atoms with Crippen LogP contribution in [-0.4, -0.2) is 60.1 Å². The zero-order chi connectivity index (χ0) is 17.5. The summed E-state index contributed by atoms with van der Waals surface area (Å²) >= 11 is 1.51. The van der Waals surface area contributed by atoms with Crippen molar-refractivity contribution in [2.24, 2.45) is 11.3 Å². The van der Waals surface area contributed by atoms with Gasteiger partial charge in [-0.05, 0) is 42.8 Å².